The van der Waals surface area contributed by atoms with Gasteiger partial charge in [-0.05, 0) is 25.0 Å². The van der Waals surface area contributed by atoms with E-state index in [1.54, 1.807) is 0 Å². The van der Waals surface area contributed by atoms with Gasteiger partial charge in [0.25, 0.3) is 0 Å². The van der Waals surface area contributed by atoms with Crippen LogP contribution in [0.5, 0.6) is 0 Å². The maximum Gasteiger partial charge on any atom is 0.207 e. The molecule has 0 unspecified atom stereocenters. The van der Waals surface area contributed by atoms with Gasteiger partial charge in [-0.25, -0.2) is 4.98 Å². The highest BCUT2D eigenvalue weighted by molar-refractivity contribution is 6.33. The van der Waals surface area contributed by atoms with E-state index in [9.17, 15) is 0 Å². The van der Waals surface area contributed by atoms with Crippen molar-refractivity contribution in [1.82, 2.24) is 9.55 Å². The van der Waals surface area contributed by atoms with Crippen molar-refractivity contribution in [3.63, 3.8) is 0 Å². The Bertz CT molecular complexity index is 502. The van der Waals surface area contributed by atoms with Crippen LogP contribution in [0.3, 0.4) is 0 Å². The fourth-order valence-corrected chi connectivity index (χ4v) is 1.92. The number of halogens is 1. The van der Waals surface area contributed by atoms with Gasteiger partial charge >= 0.3 is 0 Å². The van der Waals surface area contributed by atoms with Crippen molar-refractivity contribution in [3.8, 4) is 0 Å². The SMILES string of the molecule is Clc1ccccc1Nc1nccn1C1CC1. The first-order valence-electron chi connectivity index (χ1n) is 5.39. The van der Waals surface area contributed by atoms with Crippen LogP contribution in [0.25, 0.3) is 0 Å². The summed E-state index contributed by atoms with van der Waals surface area (Å²) in [6.45, 7) is 0. The molecule has 1 heterocycles. The summed E-state index contributed by atoms with van der Waals surface area (Å²) in [6, 6.07) is 8.31. The van der Waals surface area contributed by atoms with Crippen molar-refractivity contribution >= 4 is 23.2 Å². The number of para-hydroxylation sites is 1. The molecule has 0 amide bonds. The first kappa shape index (κ1) is 9.73. The Balaban J connectivity index is 1.88. The van der Waals surface area contributed by atoms with Crippen molar-refractivity contribution in [1.29, 1.82) is 0 Å². The zero-order chi connectivity index (χ0) is 11.0. The van der Waals surface area contributed by atoms with Crippen molar-refractivity contribution in [2.24, 2.45) is 0 Å². The Morgan fingerprint density at radius 1 is 1.31 bits per heavy atom. The molecule has 0 spiro atoms. The van der Waals surface area contributed by atoms with Gasteiger partial charge in [-0.1, -0.05) is 23.7 Å². The van der Waals surface area contributed by atoms with E-state index < -0.39 is 0 Å². The Morgan fingerprint density at radius 3 is 2.88 bits per heavy atom. The average Bonchev–Trinajstić information content (AvgIpc) is 3.03. The number of hydrogen-bond acceptors (Lipinski definition) is 2. The minimum atomic E-state index is 0.618. The van der Waals surface area contributed by atoms with Crippen LogP contribution >= 0.6 is 11.6 Å². The Kier molecular flexibility index (Phi) is 2.33. The summed E-state index contributed by atoms with van der Waals surface area (Å²) in [4.78, 5) is 4.31. The van der Waals surface area contributed by atoms with Crippen LogP contribution in [0.1, 0.15) is 18.9 Å². The second-order valence-electron chi connectivity index (χ2n) is 3.99. The van der Waals surface area contributed by atoms with Crippen LogP contribution in [0.2, 0.25) is 5.02 Å². The second kappa shape index (κ2) is 3.83. The van der Waals surface area contributed by atoms with Gasteiger partial charge < -0.3 is 9.88 Å². The molecular formula is C12H12ClN3. The molecule has 2 aromatic rings. The summed E-state index contributed by atoms with van der Waals surface area (Å²) < 4.78 is 2.17. The number of imidazole rings is 1. The number of hydrogen-bond donors (Lipinski definition) is 1. The molecule has 4 heteroatoms. The summed E-state index contributed by atoms with van der Waals surface area (Å²) in [5.41, 5.74) is 0.900. The lowest BCUT2D eigenvalue weighted by molar-refractivity contribution is 0.751. The highest BCUT2D eigenvalue weighted by atomic mass is 35.5. The zero-order valence-corrected chi connectivity index (χ0v) is 9.48. The molecule has 0 aliphatic heterocycles. The summed E-state index contributed by atoms with van der Waals surface area (Å²) in [5.74, 6) is 0.871. The van der Waals surface area contributed by atoms with Crippen molar-refractivity contribution in [2.75, 3.05) is 5.32 Å². The van der Waals surface area contributed by atoms with Crippen LogP contribution in [0, 0.1) is 0 Å². The molecule has 1 aliphatic carbocycles. The molecule has 3 rings (SSSR count). The predicted octanol–water partition coefficient (Wildman–Crippen LogP) is 3.62. The summed E-state index contributed by atoms with van der Waals surface area (Å²) in [5, 5.41) is 3.98. The van der Waals surface area contributed by atoms with Gasteiger partial charge in [0.1, 0.15) is 0 Å². The van der Waals surface area contributed by atoms with Gasteiger partial charge in [0.05, 0.1) is 10.7 Å². The van der Waals surface area contributed by atoms with Crippen LogP contribution in [0.4, 0.5) is 11.6 Å². The second-order valence-corrected chi connectivity index (χ2v) is 4.40. The fourth-order valence-electron chi connectivity index (χ4n) is 1.74. The Labute approximate surface area is 99.1 Å². The first-order chi connectivity index (χ1) is 7.84. The predicted molar refractivity (Wildman–Crippen MR) is 65.2 cm³/mol. The van der Waals surface area contributed by atoms with Gasteiger partial charge in [0.15, 0.2) is 0 Å². The van der Waals surface area contributed by atoms with Crippen LogP contribution in [-0.2, 0) is 0 Å². The quantitative estimate of drug-likeness (QED) is 0.878. The number of nitrogens with zero attached hydrogens (tertiary/aromatic N) is 2. The summed E-state index contributed by atoms with van der Waals surface area (Å²) in [7, 11) is 0. The smallest absolute Gasteiger partial charge is 0.207 e. The van der Waals surface area contributed by atoms with Crippen molar-refractivity contribution in [2.45, 2.75) is 18.9 Å². The lowest BCUT2D eigenvalue weighted by atomic mass is 10.3. The molecule has 0 bridgehead atoms. The monoisotopic (exact) mass is 233 g/mol. The molecule has 0 radical (unpaired) electrons. The summed E-state index contributed by atoms with van der Waals surface area (Å²) in [6.07, 6.45) is 6.31. The Hall–Kier alpha value is -1.48. The normalized spacial score (nSPS) is 15.1. The third kappa shape index (κ3) is 1.78. The standard InChI is InChI=1S/C12H12ClN3/c13-10-3-1-2-4-11(10)15-12-14-7-8-16(12)9-5-6-9/h1-4,7-9H,5-6H2,(H,14,15). The molecule has 16 heavy (non-hydrogen) atoms. The highest BCUT2D eigenvalue weighted by Crippen LogP contribution is 2.37. The van der Waals surface area contributed by atoms with Crippen molar-refractivity contribution < 1.29 is 0 Å². The first-order valence-corrected chi connectivity index (χ1v) is 5.77. The molecule has 1 N–H and O–H groups in total. The molecule has 0 atom stereocenters. The highest BCUT2D eigenvalue weighted by Gasteiger charge is 2.25. The molecule has 1 fully saturated rings. The van der Waals surface area contributed by atoms with E-state index in [0.29, 0.717) is 11.1 Å². The lowest BCUT2D eigenvalue weighted by Crippen LogP contribution is -2.01. The van der Waals surface area contributed by atoms with Crippen LogP contribution < -0.4 is 5.32 Å². The van der Waals surface area contributed by atoms with Gasteiger partial charge in [0, 0.05) is 18.4 Å². The molecule has 3 nitrogen and oxygen atoms in total. The van der Waals surface area contributed by atoms with Gasteiger partial charge in [0.2, 0.25) is 5.95 Å². The van der Waals surface area contributed by atoms with Crippen LogP contribution in [0.15, 0.2) is 36.7 Å². The van der Waals surface area contributed by atoms with Gasteiger partial charge in [-0.2, -0.15) is 0 Å². The topological polar surface area (TPSA) is 29.9 Å². The molecule has 82 valence electrons. The van der Waals surface area contributed by atoms with E-state index in [4.69, 9.17) is 11.6 Å². The molecular weight excluding hydrogens is 222 g/mol. The number of rotatable bonds is 3. The third-order valence-electron chi connectivity index (χ3n) is 2.73. The molecule has 1 aliphatic rings. The maximum absolute atomic E-state index is 6.09. The molecule has 0 saturated heterocycles. The van der Waals surface area contributed by atoms with E-state index in [0.717, 1.165) is 11.6 Å². The van der Waals surface area contributed by atoms with Crippen LogP contribution in [-0.4, -0.2) is 9.55 Å². The minimum Gasteiger partial charge on any atom is -0.324 e. The zero-order valence-electron chi connectivity index (χ0n) is 8.73. The van der Waals surface area contributed by atoms with E-state index >= 15 is 0 Å². The van der Waals surface area contributed by atoms with E-state index in [2.05, 4.69) is 14.9 Å². The van der Waals surface area contributed by atoms with E-state index in [-0.39, 0.29) is 0 Å². The molecule has 1 aromatic heterocycles. The number of benzene rings is 1. The largest absolute Gasteiger partial charge is 0.324 e. The van der Waals surface area contributed by atoms with E-state index in [1.807, 2.05) is 36.7 Å². The lowest BCUT2D eigenvalue weighted by Gasteiger charge is -2.09. The maximum atomic E-state index is 6.09. The number of aromatic nitrogens is 2. The molecule has 1 saturated carbocycles. The van der Waals surface area contributed by atoms with Gasteiger partial charge in [-0.3, -0.25) is 0 Å². The minimum absolute atomic E-state index is 0.618. The van der Waals surface area contributed by atoms with Crippen molar-refractivity contribution in [3.05, 3.63) is 41.7 Å². The fraction of sp³-hybridized carbons (Fsp3) is 0.250. The average molecular weight is 234 g/mol. The molecule has 1 aromatic carbocycles. The number of nitrogens with one attached hydrogen (secondary N) is 1. The van der Waals surface area contributed by atoms with Gasteiger partial charge in [-0.15, -0.1) is 0 Å². The third-order valence-corrected chi connectivity index (χ3v) is 3.06. The summed E-state index contributed by atoms with van der Waals surface area (Å²) >= 11 is 6.09. The number of anilines is 2. The van der Waals surface area contributed by atoms with E-state index in [1.165, 1.54) is 12.8 Å². The Morgan fingerprint density at radius 2 is 2.12 bits per heavy atom.